The highest BCUT2D eigenvalue weighted by atomic mass is 32.1. The molecule has 1 saturated heterocycles. The van der Waals surface area contributed by atoms with E-state index in [-0.39, 0.29) is 0 Å². The number of rotatable bonds is 2. The van der Waals surface area contributed by atoms with Crippen LogP contribution in [-0.4, -0.2) is 29.5 Å². The van der Waals surface area contributed by atoms with Crippen molar-refractivity contribution in [1.82, 2.24) is 9.88 Å². The molecule has 0 radical (unpaired) electrons. The van der Waals surface area contributed by atoms with Gasteiger partial charge in [0.2, 0.25) is 0 Å². The highest BCUT2D eigenvalue weighted by Gasteiger charge is 2.17. The van der Waals surface area contributed by atoms with E-state index in [1.807, 2.05) is 11.6 Å². The molecule has 0 bridgehead atoms. The summed E-state index contributed by atoms with van der Waals surface area (Å²) in [5, 5.41) is 2.93. The lowest BCUT2D eigenvalue weighted by atomic mass is 9.97. The largest absolute Gasteiger partial charge is 0.303 e. The predicted molar refractivity (Wildman–Crippen MR) is 73.0 cm³/mol. The highest BCUT2D eigenvalue weighted by Crippen LogP contribution is 2.17. The molecule has 0 saturated carbocycles. The summed E-state index contributed by atoms with van der Waals surface area (Å²) in [5.74, 6) is 7.90. The van der Waals surface area contributed by atoms with Crippen molar-refractivity contribution < 1.29 is 0 Å². The van der Waals surface area contributed by atoms with Gasteiger partial charge in [-0.25, -0.2) is 4.98 Å². The lowest BCUT2D eigenvalue weighted by molar-refractivity contribution is 0.187. The van der Waals surface area contributed by atoms with E-state index in [9.17, 15) is 0 Å². The van der Waals surface area contributed by atoms with Gasteiger partial charge in [0.15, 0.2) is 5.01 Å². The number of thiazole rings is 1. The third-order valence-electron chi connectivity index (χ3n) is 3.03. The zero-order chi connectivity index (χ0) is 12.1. The molecule has 1 aromatic heterocycles. The Balaban J connectivity index is 1.79. The third-order valence-corrected chi connectivity index (χ3v) is 3.72. The van der Waals surface area contributed by atoms with E-state index in [1.165, 1.54) is 32.5 Å². The van der Waals surface area contributed by atoms with E-state index in [1.54, 1.807) is 11.3 Å². The van der Waals surface area contributed by atoms with Crippen LogP contribution in [0.25, 0.3) is 0 Å². The van der Waals surface area contributed by atoms with E-state index < -0.39 is 0 Å². The molecule has 0 N–H and O–H groups in total. The zero-order valence-corrected chi connectivity index (χ0v) is 11.5. The van der Waals surface area contributed by atoms with Crippen molar-refractivity contribution in [3.8, 4) is 11.8 Å². The van der Waals surface area contributed by atoms with Gasteiger partial charge in [0.05, 0.1) is 0 Å². The quantitative estimate of drug-likeness (QED) is 0.748. The molecular formula is C14H20N2S. The van der Waals surface area contributed by atoms with Crippen molar-refractivity contribution in [3.05, 3.63) is 16.6 Å². The molecule has 1 aliphatic rings. The Bertz CT molecular complexity index is 378. The van der Waals surface area contributed by atoms with Gasteiger partial charge in [0.25, 0.3) is 0 Å². The molecule has 2 nitrogen and oxygen atoms in total. The SMILES string of the molecule is CC(C)CN1CCC(C#Cc2nccs2)CC1. The molecule has 0 aromatic carbocycles. The van der Waals surface area contributed by atoms with Crippen molar-refractivity contribution in [2.45, 2.75) is 26.7 Å². The first-order chi connectivity index (χ1) is 8.24. The van der Waals surface area contributed by atoms with Gasteiger partial charge in [-0.15, -0.1) is 11.3 Å². The second kappa shape index (κ2) is 6.18. The molecule has 3 heteroatoms. The van der Waals surface area contributed by atoms with Gasteiger partial charge < -0.3 is 4.90 Å². The van der Waals surface area contributed by atoms with Crippen LogP contribution in [0.5, 0.6) is 0 Å². The second-order valence-corrected chi connectivity index (χ2v) is 5.97. The van der Waals surface area contributed by atoms with Gasteiger partial charge in [-0.05, 0) is 37.8 Å². The molecule has 0 unspecified atom stereocenters. The molecule has 17 heavy (non-hydrogen) atoms. The predicted octanol–water partition coefficient (Wildman–Crippen LogP) is 2.86. The summed E-state index contributed by atoms with van der Waals surface area (Å²) in [4.78, 5) is 6.75. The van der Waals surface area contributed by atoms with E-state index in [0.29, 0.717) is 5.92 Å². The smallest absolute Gasteiger partial charge is 0.166 e. The Labute approximate surface area is 108 Å². The Morgan fingerprint density at radius 3 is 2.82 bits per heavy atom. The summed E-state index contributed by atoms with van der Waals surface area (Å²) in [6.45, 7) is 8.21. The Kier molecular flexibility index (Phi) is 4.58. The van der Waals surface area contributed by atoms with Crippen molar-refractivity contribution in [2.24, 2.45) is 11.8 Å². The van der Waals surface area contributed by atoms with Crippen LogP contribution in [-0.2, 0) is 0 Å². The number of nitrogens with zero attached hydrogens (tertiary/aromatic N) is 2. The molecule has 1 aliphatic heterocycles. The van der Waals surface area contributed by atoms with Crippen LogP contribution >= 0.6 is 11.3 Å². The van der Waals surface area contributed by atoms with E-state index >= 15 is 0 Å². The minimum absolute atomic E-state index is 0.572. The first-order valence-corrected chi connectivity index (χ1v) is 7.25. The maximum absolute atomic E-state index is 4.19. The topological polar surface area (TPSA) is 16.1 Å². The maximum Gasteiger partial charge on any atom is 0.166 e. The lowest BCUT2D eigenvalue weighted by Gasteiger charge is -2.30. The zero-order valence-electron chi connectivity index (χ0n) is 10.6. The van der Waals surface area contributed by atoms with Gasteiger partial charge in [0.1, 0.15) is 0 Å². The van der Waals surface area contributed by atoms with Crippen LogP contribution in [0.3, 0.4) is 0 Å². The fourth-order valence-corrected chi connectivity index (χ4v) is 2.72. The molecule has 1 fully saturated rings. The van der Waals surface area contributed by atoms with E-state index in [0.717, 1.165) is 10.9 Å². The van der Waals surface area contributed by atoms with Crippen molar-refractivity contribution >= 4 is 11.3 Å². The normalized spacial score (nSPS) is 18.1. The minimum atomic E-state index is 0.572. The number of piperidine rings is 1. The van der Waals surface area contributed by atoms with Crippen LogP contribution in [0.1, 0.15) is 31.7 Å². The molecule has 1 aromatic rings. The maximum atomic E-state index is 4.19. The van der Waals surface area contributed by atoms with Crippen LogP contribution in [0.4, 0.5) is 0 Å². The molecule has 2 heterocycles. The Morgan fingerprint density at radius 2 is 2.24 bits per heavy atom. The molecule has 0 atom stereocenters. The van der Waals surface area contributed by atoms with Crippen LogP contribution < -0.4 is 0 Å². The number of hydrogen-bond donors (Lipinski definition) is 0. The molecule has 0 aliphatic carbocycles. The summed E-state index contributed by atoms with van der Waals surface area (Å²) < 4.78 is 0. The van der Waals surface area contributed by atoms with Gasteiger partial charge >= 0.3 is 0 Å². The van der Waals surface area contributed by atoms with Gasteiger partial charge in [-0.1, -0.05) is 19.8 Å². The average Bonchev–Trinajstić information content (AvgIpc) is 2.80. The van der Waals surface area contributed by atoms with Crippen molar-refractivity contribution in [1.29, 1.82) is 0 Å². The summed E-state index contributed by atoms with van der Waals surface area (Å²) in [6, 6.07) is 0. The first kappa shape index (κ1) is 12.6. The standard InChI is InChI=1S/C14H20N2S/c1-12(2)11-16-8-5-13(6-9-16)3-4-14-15-7-10-17-14/h7,10,12-13H,5-6,8-9,11H2,1-2H3. The van der Waals surface area contributed by atoms with E-state index in [4.69, 9.17) is 0 Å². The molecule has 0 amide bonds. The number of aromatic nitrogens is 1. The van der Waals surface area contributed by atoms with Gasteiger partial charge in [-0.2, -0.15) is 0 Å². The molecule has 2 rings (SSSR count). The van der Waals surface area contributed by atoms with Crippen LogP contribution in [0, 0.1) is 23.7 Å². The van der Waals surface area contributed by atoms with Gasteiger partial charge in [0, 0.05) is 24.0 Å². The first-order valence-electron chi connectivity index (χ1n) is 6.37. The van der Waals surface area contributed by atoms with Crippen LogP contribution in [0.15, 0.2) is 11.6 Å². The summed E-state index contributed by atoms with van der Waals surface area (Å²) >= 11 is 1.63. The highest BCUT2D eigenvalue weighted by molar-refractivity contribution is 7.10. The summed E-state index contributed by atoms with van der Waals surface area (Å²) in [6.07, 6.45) is 4.25. The molecule has 92 valence electrons. The van der Waals surface area contributed by atoms with Crippen LogP contribution in [0.2, 0.25) is 0 Å². The second-order valence-electron chi connectivity index (χ2n) is 5.08. The fraction of sp³-hybridized carbons (Fsp3) is 0.643. The van der Waals surface area contributed by atoms with E-state index in [2.05, 4.69) is 35.6 Å². The third kappa shape index (κ3) is 4.14. The minimum Gasteiger partial charge on any atom is -0.303 e. The van der Waals surface area contributed by atoms with Crippen molar-refractivity contribution in [3.63, 3.8) is 0 Å². The monoisotopic (exact) mass is 248 g/mol. The summed E-state index contributed by atoms with van der Waals surface area (Å²) in [5.41, 5.74) is 0. The number of hydrogen-bond acceptors (Lipinski definition) is 3. The van der Waals surface area contributed by atoms with Gasteiger partial charge in [-0.3, -0.25) is 0 Å². The summed E-state index contributed by atoms with van der Waals surface area (Å²) in [7, 11) is 0. The lowest BCUT2D eigenvalue weighted by Crippen LogP contribution is -2.35. The average molecular weight is 248 g/mol. The Morgan fingerprint density at radius 1 is 1.47 bits per heavy atom. The Hall–Kier alpha value is -0.850. The van der Waals surface area contributed by atoms with Crippen molar-refractivity contribution in [2.75, 3.05) is 19.6 Å². The number of likely N-dealkylation sites (tertiary alicyclic amines) is 1. The molecule has 0 spiro atoms. The molecular weight excluding hydrogens is 228 g/mol. The fourth-order valence-electron chi connectivity index (χ4n) is 2.23.